The first kappa shape index (κ1) is 9.92. The van der Waals surface area contributed by atoms with Gasteiger partial charge in [0.1, 0.15) is 5.82 Å². The van der Waals surface area contributed by atoms with Gasteiger partial charge in [-0.15, -0.1) is 11.3 Å². The van der Waals surface area contributed by atoms with E-state index in [9.17, 15) is 9.18 Å². The highest BCUT2D eigenvalue weighted by Gasteiger charge is 2.18. The van der Waals surface area contributed by atoms with Gasteiger partial charge < -0.3 is 11.5 Å². The fraction of sp³-hybridized carbons (Fsp3) is 0.100. The predicted octanol–water partition coefficient (Wildman–Crippen LogP) is 2.03. The molecule has 0 spiro atoms. The molecule has 0 unspecified atom stereocenters. The molecule has 4 N–H and O–H groups in total. The molecule has 1 heterocycles. The lowest BCUT2D eigenvalue weighted by Gasteiger charge is -1.99. The van der Waals surface area contributed by atoms with Gasteiger partial charge >= 0.3 is 0 Å². The minimum atomic E-state index is -0.618. The van der Waals surface area contributed by atoms with Gasteiger partial charge in [0.2, 0.25) is 0 Å². The topological polar surface area (TPSA) is 69.1 Å². The number of anilines is 1. The van der Waals surface area contributed by atoms with Crippen LogP contribution >= 0.6 is 11.3 Å². The van der Waals surface area contributed by atoms with Crippen molar-refractivity contribution in [2.24, 2.45) is 5.73 Å². The minimum absolute atomic E-state index is 0.229. The van der Waals surface area contributed by atoms with Crippen LogP contribution in [0.2, 0.25) is 0 Å². The highest BCUT2D eigenvalue weighted by molar-refractivity contribution is 7.23. The summed E-state index contributed by atoms with van der Waals surface area (Å²) in [4.78, 5) is 11.2. The molecule has 1 aromatic heterocycles. The van der Waals surface area contributed by atoms with Crippen LogP contribution in [-0.2, 0) is 0 Å². The monoisotopic (exact) mass is 224 g/mol. The molecule has 0 fully saturated rings. The van der Waals surface area contributed by atoms with Crippen molar-refractivity contribution in [1.82, 2.24) is 0 Å². The predicted molar refractivity (Wildman–Crippen MR) is 59.5 cm³/mol. The third-order valence-corrected chi connectivity index (χ3v) is 3.30. The second-order valence-electron chi connectivity index (χ2n) is 3.27. The second kappa shape index (κ2) is 3.20. The van der Waals surface area contributed by atoms with E-state index in [-0.39, 0.29) is 16.4 Å². The lowest BCUT2D eigenvalue weighted by Crippen LogP contribution is -2.12. The Balaban J connectivity index is 2.98. The van der Waals surface area contributed by atoms with E-state index in [0.29, 0.717) is 10.1 Å². The summed E-state index contributed by atoms with van der Waals surface area (Å²) in [5, 5.41) is 0.802. The van der Waals surface area contributed by atoms with Crippen molar-refractivity contribution in [1.29, 1.82) is 0 Å². The number of primary amides is 1. The fourth-order valence-corrected chi connectivity index (χ4v) is 2.65. The molecule has 0 saturated heterocycles. The molecule has 0 radical (unpaired) electrons. The van der Waals surface area contributed by atoms with Crippen molar-refractivity contribution >= 4 is 32.3 Å². The standard InChI is InChI=1S/C10H9FN2OS/c1-4-2-3-5(11)8-6(4)7(9(12)14)10(13)15-8/h2-3H,13H2,1H3,(H2,12,14). The molecule has 0 bridgehead atoms. The summed E-state index contributed by atoms with van der Waals surface area (Å²) >= 11 is 1.05. The van der Waals surface area contributed by atoms with Crippen molar-refractivity contribution < 1.29 is 9.18 Å². The van der Waals surface area contributed by atoms with Gasteiger partial charge in [-0.05, 0) is 18.6 Å². The van der Waals surface area contributed by atoms with Crippen molar-refractivity contribution in [3.63, 3.8) is 0 Å². The van der Waals surface area contributed by atoms with Crippen LogP contribution in [0.3, 0.4) is 0 Å². The van der Waals surface area contributed by atoms with Crippen molar-refractivity contribution in [2.45, 2.75) is 6.92 Å². The van der Waals surface area contributed by atoms with Crippen LogP contribution in [0.4, 0.5) is 9.39 Å². The Kier molecular flexibility index (Phi) is 2.12. The zero-order chi connectivity index (χ0) is 11.2. The molecule has 0 aliphatic rings. The third-order valence-electron chi connectivity index (χ3n) is 2.27. The average Bonchev–Trinajstić information content (AvgIpc) is 2.50. The molecule has 15 heavy (non-hydrogen) atoms. The number of nitrogen functional groups attached to an aromatic ring is 1. The van der Waals surface area contributed by atoms with Crippen LogP contribution in [0.15, 0.2) is 12.1 Å². The van der Waals surface area contributed by atoms with E-state index >= 15 is 0 Å². The average molecular weight is 224 g/mol. The highest BCUT2D eigenvalue weighted by atomic mass is 32.1. The molecular weight excluding hydrogens is 215 g/mol. The van der Waals surface area contributed by atoms with E-state index in [2.05, 4.69) is 0 Å². The molecule has 2 aromatic rings. The van der Waals surface area contributed by atoms with Crippen LogP contribution in [0.1, 0.15) is 15.9 Å². The van der Waals surface area contributed by atoms with Gasteiger partial charge in [0, 0.05) is 5.39 Å². The number of hydrogen-bond acceptors (Lipinski definition) is 3. The number of halogens is 1. The van der Waals surface area contributed by atoms with Gasteiger partial charge in [-0.3, -0.25) is 4.79 Å². The number of amides is 1. The van der Waals surface area contributed by atoms with E-state index in [1.54, 1.807) is 13.0 Å². The van der Waals surface area contributed by atoms with E-state index in [0.717, 1.165) is 16.9 Å². The summed E-state index contributed by atoms with van der Waals surface area (Å²) in [6.45, 7) is 1.79. The molecule has 5 heteroatoms. The number of rotatable bonds is 1. The van der Waals surface area contributed by atoms with Gasteiger partial charge in [0.25, 0.3) is 5.91 Å². The number of carbonyl (C=O) groups is 1. The third kappa shape index (κ3) is 1.35. The Bertz CT molecular complexity index is 562. The van der Waals surface area contributed by atoms with Crippen LogP contribution in [-0.4, -0.2) is 5.91 Å². The zero-order valence-corrected chi connectivity index (χ0v) is 8.82. The molecule has 0 aliphatic heterocycles. The Morgan fingerprint density at radius 1 is 1.47 bits per heavy atom. The number of nitrogens with two attached hydrogens (primary N) is 2. The Labute approximate surface area is 89.5 Å². The number of benzene rings is 1. The first-order valence-electron chi connectivity index (χ1n) is 4.29. The Morgan fingerprint density at radius 3 is 2.73 bits per heavy atom. The molecule has 3 nitrogen and oxygen atoms in total. The van der Waals surface area contributed by atoms with Crippen LogP contribution in [0, 0.1) is 12.7 Å². The maximum atomic E-state index is 13.4. The fourth-order valence-electron chi connectivity index (χ4n) is 1.59. The van der Waals surface area contributed by atoms with Gasteiger partial charge in [0.05, 0.1) is 15.3 Å². The second-order valence-corrected chi connectivity index (χ2v) is 4.33. The summed E-state index contributed by atoms with van der Waals surface area (Å²) in [6, 6.07) is 2.97. The quantitative estimate of drug-likeness (QED) is 0.778. The molecule has 2 rings (SSSR count). The normalized spacial score (nSPS) is 10.8. The molecule has 0 aliphatic carbocycles. The van der Waals surface area contributed by atoms with Crippen LogP contribution in [0.5, 0.6) is 0 Å². The smallest absolute Gasteiger partial charge is 0.252 e. The first-order valence-corrected chi connectivity index (χ1v) is 5.11. The summed E-state index contributed by atoms with van der Waals surface area (Å²) < 4.78 is 13.8. The highest BCUT2D eigenvalue weighted by Crippen LogP contribution is 2.36. The molecular formula is C10H9FN2OS. The number of aryl methyl sites for hydroxylation is 1. The summed E-state index contributed by atoms with van der Waals surface area (Å²) in [5.41, 5.74) is 11.9. The summed E-state index contributed by atoms with van der Waals surface area (Å²) in [7, 11) is 0. The zero-order valence-electron chi connectivity index (χ0n) is 8.00. The van der Waals surface area contributed by atoms with E-state index in [1.807, 2.05) is 0 Å². The van der Waals surface area contributed by atoms with E-state index in [1.165, 1.54) is 6.07 Å². The molecule has 1 amide bonds. The summed E-state index contributed by atoms with van der Waals surface area (Å²) in [6.07, 6.45) is 0. The van der Waals surface area contributed by atoms with Crippen molar-refractivity contribution in [3.8, 4) is 0 Å². The van der Waals surface area contributed by atoms with E-state index < -0.39 is 5.91 Å². The first-order chi connectivity index (χ1) is 7.02. The van der Waals surface area contributed by atoms with Crippen LogP contribution in [0.25, 0.3) is 10.1 Å². The van der Waals surface area contributed by atoms with Crippen molar-refractivity contribution in [3.05, 3.63) is 29.1 Å². The van der Waals surface area contributed by atoms with Crippen LogP contribution < -0.4 is 11.5 Å². The summed E-state index contributed by atoms with van der Waals surface area (Å²) in [5.74, 6) is -0.993. The lowest BCUT2D eigenvalue weighted by atomic mass is 10.1. The van der Waals surface area contributed by atoms with E-state index in [4.69, 9.17) is 11.5 Å². The maximum absolute atomic E-state index is 13.4. The number of thiophene rings is 1. The van der Waals surface area contributed by atoms with Gasteiger partial charge in [-0.1, -0.05) is 6.07 Å². The largest absolute Gasteiger partial charge is 0.390 e. The number of fused-ring (bicyclic) bond motifs is 1. The number of carbonyl (C=O) groups excluding carboxylic acids is 1. The number of hydrogen-bond donors (Lipinski definition) is 2. The molecule has 0 atom stereocenters. The van der Waals surface area contributed by atoms with Gasteiger partial charge in [-0.25, -0.2) is 4.39 Å². The molecule has 0 saturated carbocycles. The Morgan fingerprint density at radius 2 is 2.13 bits per heavy atom. The van der Waals surface area contributed by atoms with Gasteiger partial charge in [0.15, 0.2) is 0 Å². The molecule has 1 aromatic carbocycles. The SMILES string of the molecule is Cc1ccc(F)c2sc(N)c(C(N)=O)c12. The maximum Gasteiger partial charge on any atom is 0.252 e. The molecule has 78 valence electrons. The van der Waals surface area contributed by atoms with Crippen molar-refractivity contribution in [2.75, 3.05) is 5.73 Å². The van der Waals surface area contributed by atoms with Gasteiger partial charge in [-0.2, -0.15) is 0 Å². The Hall–Kier alpha value is -1.62. The lowest BCUT2D eigenvalue weighted by molar-refractivity contribution is 0.100. The minimum Gasteiger partial charge on any atom is -0.390 e.